The van der Waals surface area contributed by atoms with Crippen molar-refractivity contribution in [3.63, 3.8) is 0 Å². The Hall–Kier alpha value is -0.160. The van der Waals surface area contributed by atoms with Gasteiger partial charge < -0.3 is 10.2 Å². The Morgan fingerprint density at radius 3 is 2.24 bits per heavy atom. The summed E-state index contributed by atoms with van der Waals surface area (Å²) < 4.78 is 0. The molecule has 0 aromatic heterocycles. The van der Waals surface area contributed by atoms with Gasteiger partial charge >= 0.3 is 0 Å². The molecule has 1 fully saturated rings. The predicted molar refractivity (Wildman–Crippen MR) is 64.8 cm³/mol. The zero-order valence-corrected chi connectivity index (χ0v) is 12.5. The Morgan fingerprint density at radius 1 is 1.24 bits per heavy atom. The molecule has 0 spiro atoms. The van der Waals surface area contributed by atoms with Crippen LogP contribution in [0.2, 0.25) is 0 Å². The largest absolute Gasteiger partial charge is 0.511 e. The molecule has 1 rings (SSSR count). The van der Waals surface area contributed by atoms with E-state index in [4.69, 9.17) is 0 Å². The summed E-state index contributed by atoms with van der Waals surface area (Å²) in [4.78, 5) is 22.6. The van der Waals surface area contributed by atoms with Crippen molar-refractivity contribution in [3.8, 4) is 0 Å². The fourth-order valence-electron chi connectivity index (χ4n) is 1.86. The van der Waals surface area contributed by atoms with Crippen LogP contribution in [0.3, 0.4) is 0 Å². The van der Waals surface area contributed by atoms with E-state index >= 15 is 0 Å². The summed E-state index contributed by atoms with van der Waals surface area (Å²) in [5.74, 6) is -0.692. The van der Waals surface area contributed by atoms with Gasteiger partial charge in [-0.2, -0.15) is 0 Å². The topological polar surface area (TPSA) is 74.6 Å². The molecule has 4 nitrogen and oxygen atoms in total. The van der Waals surface area contributed by atoms with Crippen molar-refractivity contribution in [2.75, 3.05) is 0 Å². The van der Waals surface area contributed by atoms with Crippen LogP contribution in [-0.4, -0.2) is 57.4 Å². The van der Waals surface area contributed by atoms with Crippen LogP contribution in [0, 0.1) is 0 Å². The monoisotopic (exact) mass is 249 g/mol. The zero-order valence-electron chi connectivity index (χ0n) is 10.5. The number of Topliss-reactive ketones (excluding diaryl/α,β-unsaturated/α-hetero) is 2. The van der Waals surface area contributed by atoms with E-state index < -0.39 is 6.10 Å². The summed E-state index contributed by atoms with van der Waals surface area (Å²) >= 11 is 0. The molecular weight excluding hydrogens is 231 g/mol. The van der Waals surface area contributed by atoms with Gasteiger partial charge in [-0.3, -0.25) is 9.59 Å². The summed E-state index contributed by atoms with van der Waals surface area (Å²) in [7, 11) is 0. The Morgan fingerprint density at radius 2 is 1.76 bits per heavy atom. The number of hydrogen-bond donors (Lipinski definition) is 2. The molecular formula is C12H18NaO4. The Balaban J connectivity index is 0.00000256. The molecule has 1 unspecified atom stereocenters. The fraction of sp³-hybridized carbons (Fsp3) is 0.667. The smallest absolute Gasteiger partial charge is 0.170 e. The number of carbonyl (C=O) groups is 2. The zero-order chi connectivity index (χ0) is 12.1. The average Bonchev–Trinajstić information content (AvgIpc) is 2.56. The van der Waals surface area contributed by atoms with Crippen molar-refractivity contribution in [1.82, 2.24) is 0 Å². The summed E-state index contributed by atoms with van der Waals surface area (Å²) in [6.45, 7) is 1.96. The molecule has 2 N–H and O–H groups in total. The number of allylic oxidation sites excluding steroid dienone is 2. The molecule has 0 heterocycles. The van der Waals surface area contributed by atoms with Crippen LogP contribution in [0.1, 0.15) is 45.4 Å². The molecule has 0 bridgehead atoms. The summed E-state index contributed by atoms with van der Waals surface area (Å²) in [5, 5.41) is 19.1. The molecule has 17 heavy (non-hydrogen) atoms. The van der Waals surface area contributed by atoms with Crippen molar-refractivity contribution >= 4 is 41.1 Å². The SMILES string of the molecule is CCCC(O)CCC(O)=C1C(=O)CCC1=O.[Na]. The number of rotatable bonds is 5. The van der Waals surface area contributed by atoms with E-state index in [9.17, 15) is 19.8 Å². The number of aliphatic hydroxyl groups is 2. The van der Waals surface area contributed by atoms with Crippen LogP contribution in [0.15, 0.2) is 11.3 Å². The van der Waals surface area contributed by atoms with Crippen LogP contribution < -0.4 is 0 Å². The molecule has 1 atom stereocenters. The summed E-state index contributed by atoms with van der Waals surface area (Å²) in [5.41, 5.74) is -0.0382. The molecule has 0 aromatic carbocycles. The maximum atomic E-state index is 11.3. The maximum absolute atomic E-state index is 11.3. The van der Waals surface area contributed by atoms with Crippen LogP contribution in [0.4, 0.5) is 0 Å². The second-order valence-electron chi connectivity index (χ2n) is 4.15. The molecule has 0 aliphatic heterocycles. The van der Waals surface area contributed by atoms with Crippen molar-refractivity contribution in [3.05, 3.63) is 11.3 Å². The first kappa shape index (κ1) is 16.8. The van der Waals surface area contributed by atoms with Gasteiger partial charge in [0.25, 0.3) is 0 Å². The van der Waals surface area contributed by atoms with Gasteiger partial charge in [-0.1, -0.05) is 13.3 Å². The van der Waals surface area contributed by atoms with Gasteiger partial charge in [0.15, 0.2) is 11.6 Å². The second kappa shape index (κ2) is 8.03. The van der Waals surface area contributed by atoms with Gasteiger partial charge in [0.05, 0.1) is 11.7 Å². The predicted octanol–water partition coefficient (Wildman–Crippen LogP) is 1.29. The van der Waals surface area contributed by atoms with Crippen LogP contribution in [0.5, 0.6) is 0 Å². The minimum atomic E-state index is -0.473. The number of ketones is 2. The Bertz CT molecular complexity index is 304. The van der Waals surface area contributed by atoms with Crippen molar-refractivity contribution in [2.45, 2.75) is 51.6 Å². The first-order valence-electron chi connectivity index (χ1n) is 5.72. The summed E-state index contributed by atoms with van der Waals surface area (Å²) in [6, 6.07) is 0. The Labute approximate surface area is 123 Å². The van der Waals surface area contributed by atoms with E-state index in [-0.39, 0.29) is 71.7 Å². The molecule has 0 aromatic rings. The van der Waals surface area contributed by atoms with Crippen molar-refractivity contribution < 1.29 is 19.8 Å². The van der Waals surface area contributed by atoms with Gasteiger partial charge in [-0.05, 0) is 12.8 Å². The number of hydrogen-bond acceptors (Lipinski definition) is 4. The number of aliphatic hydroxyl groups excluding tert-OH is 2. The average molecular weight is 249 g/mol. The van der Waals surface area contributed by atoms with Gasteiger partial charge in [0.2, 0.25) is 0 Å². The van der Waals surface area contributed by atoms with E-state index in [1.807, 2.05) is 6.92 Å². The fourth-order valence-corrected chi connectivity index (χ4v) is 1.86. The molecule has 1 saturated carbocycles. The molecule has 5 heteroatoms. The van der Waals surface area contributed by atoms with E-state index in [0.717, 1.165) is 6.42 Å². The van der Waals surface area contributed by atoms with E-state index in [1.54, 1.807) is 0 Å². The maximum Gasteiger partial charge on any atom is 0.170 e. The molecule has 0 amide bonds. The summed E-state index contributed by atoms with van der Waals surface area (Å²) in [6.07, 6.45) is 2.07. The second-order valence-corrected chi connectivity index (χ2v) is 4.15. The molecule has 1 aliphatic rings. The van der Waals surface area contributed by atoms with Gasteiger partial charge in [-0.25, -0.2) is 0 Å². The third-order valence-electron chi connectivity index (χ3n) is 2.76. The third kappa shape index (κ3) is 4.92. The minimum Gasteiger partial charge on any atom is -0.511 e. The third-order valence-corrected chi connectivity index (χ3v) is 2.76. The van der Waals surface area contributed by atoms with Gasteiger partial charge in [0, 0.05) is 48.8 Å². The van der Waals surface area contributed by atoms with E-state index in [2.05, 4.69) is 0 Å². The van der Waals surface area contributed by atoms with E-state index in [1.165, 1.54) is 0 Å². The number of carbonyl (C=O) groups excluding carboxylic acids is 2. The Kier molecular flexibility index (Phi) is 7.96. The molecule has 1 radical (unpaired) electrons. The first-order valence-corrected chi connectivity index (χ1v) is 5.72. The van der Waals surface area contributed by atoms with Crippen molar-refractivity contribution in [2.24, 2.45) is 0 Å². The van der Waals surface area contributed by atoms with Crippen LogP contribution >= 0.6 is 0 Å². The first-order chi connectivity index (χ1) is 7.56. The minimum absolute atomic E-state index is 0. The molecule has 1 aliphatic carbocycles. The van der Waals surface area contributed by atoms with Crippen LogP contribution in [0.25, 0.3) is 0 Å². The quantitative estimate of drug-likeness (QED) is 0.333. The van der Waals surface area contributed by atoms with Gasteiger partial charge in [0.1, 0.15) is 5.76 Å². The van der Waals surface area contributed by atoms with Crippen molar-refractivity contribution in [1.29, 1.82) is 0 Å². The molecule has 0 saturated heterocycles. The normalized spacial score (nSPS) is 16.9. The molecule has 91 valence electrons. The van der Waals surface area contributed by atoms with E-state index in [0.29, 0.717) is 12.8 Å². The van der Waals surface area contributed by atoms with Crippen LogP contribution in [-0.2, 0) is 9.59 Å². The standard InChI is InChI=1S/C12H18O4.Na/c1-2-3-8(13)4-5-9(14)12-10(15)6-7-11(12)16;/h8,13-14H,2-7H2,1H3;. The van der Waals surface area contributed by atoms with Gasteiger partial charge in [-0.15, -0.1) is 0 Å².